The molecule has 0 saturated heterocycles. The van der Waals surface area contributed by atoms with Crippen LogP contribution in [0.5, 0.6) is 0 Å². The van der Waals surface area contributed by atoms with Gasteiger partial charge < -0.3 is 15.7 Å². The quantitative estimate of drug-likeness (QED) is 0.709. The molecule has 3 N–H and O–H groups in total. The first-order chi connectivity index (χ1) is 5.65. The summed E-state index contributed by atoms with van der Waals surface area (Å²) in [7, 11) is 3.83. The summed E-state index contributed by atoms with van der Waals surface area (Å²) < 4.78 is 0. The molecule has 1 rings (SSSR count). The van der Waals surface area contributed by atoms with Crippen LogP contribution in [0.25, 0.3) is 0 Å². The van der Waals surface area contributed by atoms with Crippen molar-refractivity contribution in [1.29, 1.82) is 0 Å². The summed E-state index contributed by atoms with van der Waals surface area (Å²) in [6.07, 6.45) is 1.09. The number of thiazole rings is 1. The second-order valence-electron chi connectivity index (χ2n) is 2.69. The molecule has 0 bridgehead atoms. The molecule has 0 amide bonds. The summed E-state index contributed by atoms with van der Waals surface area (Å²) >= 11 is 1.46. The van der Waals surface area contributed by atoms with Gasteiger partial charge in [0.05, 0.1) is 4.88 Å². The van der Waals surface area contributed by atoms with Crippen molar-refractivity contribution in [2.45, 2.75) is 6.10 Å². The minimum absolute atomic E-state index is 0.245. The van der Waals surface area contributed by atoms with Crippen LogP contribution in [-0.2, 0) is 0 Å². The van der Waals surface area contributed by atoms with Gasteiger partial charge in [-0.25, -0.2) is 4.98 Å². The maximum Gasteiger partial charge on any atom is 0.185 e. The first-order valence-corrected chi connectivity index (χ1v) is 4.48. The van der Waals surface area contributed by atoms with Crippen LogP contribution in [0.3, 0.4) is 0 Å². The number of hydrogen-bond acceptors (Lipinski definition) is 5. The van der Waals surface area contributed by atoms with Gasteiger partial charge in [0.15, 0.2) is 5.13 Å². The van der Waals surface area contributed by atoms with E-state index in [9.17, 15) is 5.11 Å². The van der Waals surface area contributed by atoms with Crippen LogP contribution in [0.2, 0.25) is 0 Å². The molecule has 1 atom stereocenters. The molecule has 1 unspecified atom stereocenters. The van der Waals surface area contributed by atoms with Gasteiger partial charge in [0, 0.05) is 26.8 Å². The van der Waals surface area contributed by atoms with Crippen LogP contribution in [-0.4, -0.2) is 30.7 Å². The molecule has 0 aliphatic carbocycles. The SMILES string of the molecule is CN(C)c1ncc(C(O)CN)s1. The summed E-state index contributed by atoms with van der Waals surface area (Å²) in [4.78, 5) is 6.83. The van der Waals surface area contributed by atoms with E-state index in [1.807, 2.05) is 19.0 Å². The zero-order valence-corrected chi connectivity index (χ0v) is 8.01. The Balaban J connectivity index is 2.77. The lowest BCUT2D eigenvalue weighted by molar-refractivity contribution is 0.190. The van der Waals surface area contributed by atoms with E-state index in [0.717, 1.165) is 10.0 Å². The number of nitrogens with zero attached hydrogens (tertiary/aromatic N) is 2. The van der Waals surface area contributed by atoms with Crippen LogP contribution in [0.1, 0.15) is 11.0 Å². The topological polar surface area (TPSA) is 62.4 Å². The normalized spacial score (nSPS) is 13.0. The van der Waals surface area contributed by atoms with Crippen molar-refractivity contribution in [3.63, 3.8) is 0 Å². The Kier molecular flexibility index (Phi) is 3.02. The third kappa shape index (κ3) is 1.94. The first kappa shape index (κ1) is 9.44. The molecule has 1 aromatic rings. The lowest BCUT2D eigenvalue weighted by Gasteiger charge is -2.06. The minimum Gasteiger partial charge on any atom is -0.386 e. The molecule has 1 aromatic heterocycles. The van der Waals surface area contributed by atoms with E-state index in [4.69, 9.17) is 5.73 Å². The molecule has 0 saturated carbocycles. The summed E-state index contributed by atoms with van der Waals surface area (Å²) in [6, 6.07) is 0. The number of anilines is 1. The zero-order valence-electron chi connectivity index (χ0n) is 7.19. The Morgan fingerprint density at radius 1 is 1.75 bits per heavy atom. The van der Waals surface area contributed by atoms with Crippen molar-refractivity contribution < 1.29 is 5.11 Å². The number of hydrogen-bond donors (Lipinski definition) is 2. The number of rotatable bonds is 3. The highest BCUT2D eigenvalue weighted by Crippen LogP contribution is 2.24. The van der Waals surface area contributed by atoms with E-state index in [1.165, 1.54) is 11.3 Å². The average Bonchev–Trinajstić information content (AvgIpc) is 2.51. The van der Waals surface area contributed by atoms with Gasteiger partial charge in [0.25, 0.3) is 0 Å². The molecule has 0 aliphatic rings. The van der Waals surface area contributed by atoms with Gasteiger partial charge in [-0.15, -0.1) is 0 Å². The highest BCUT2D eigenvalue weighted by atomic mass is 32.1. The molecule has 1 heterocycles. The maximum atomic E-state index is 9.35. The second kappa shape index (κ2) is 3.84. The molecule has 0 spiro atoms. The van der Waals surface area contributed by atoms with E-state index < -0.39 is 6.10 Å². The predicted octanol–water partition coefficient (Wildman–Crippen LogP) is 0.201. The molecule has 0 fully saturated rings. The number of aliphatic hydroxyl groups is 1. The van der Waals surface area contributed by atoms with E-state index in [1.54, 1.807) is 6.20 Å². The monoisotopic (exact) mass is 187 g/mol. The number of aromatic nitrogens is 1. The third-order valence-electron chi connectivity index (χ3n) is 1.45. The van der Waals surface area contributed by atoms with Crippen LogP contribution in [0, 0.1) is 0 Å². The van der Waals surface area contributed by atoms with Gasteiger partial charge >= 0.3 is 0 Å². The zero-order chi connectivity index (χ0) is 9.14. The van der Waals surface area contributed by atoms with Crippen molar-refractivity contribution in [1.82, 2.24) is 4.98 Å². The van der Waals surface area contributed by atoms with Crippen molar-refractivity contribution >= 4 is 16.5 Å². The lowest BCUT2D eigenvalue weighted by atomic mass is 10.3. The predicted molar refractivity (Wildman–Crippen MR) is 50.5 cm³/mol. The lowest BCUT2D eigenvalue weighted by Crippen LogP contribution is -2.10. The molecule has 0 aromatic carbocycles. The van der Waals surface area contributed by atoms with Crippen molar-refractivity contribution in [3.8, 4) is 0 Å². The summed E-state index contributed by atoms with van der Waals surface area (Å²) in [5.74, 6) is 0. The fourth-order valence-electron chi connectivity index (χ4n) is 0.754. The minimum atomic E-state index is -0.573. The number of aliphatic hydroxyl groups excluding tert-OH is 1. The van der Waals surface area contributed by atoms with Gasteiger partial charge in [0.1, 0.15) is 6.10 Å². The van der Waals surface area contributed by atoms with Crippen molar-refractivity contribution in [2.75, 3.05) is 25.5 Å². The molecule has 0 aliphatic heterocycles. The molecule has 4 nitrogen and oxygen atoms in total. The van der Waals surface area contributed by atoms with Crippen molar-refractivity contribution in [2.24, 2.45) is 5.73 Å². The van der Waals surface area contributed by atoms with E-state index in [2.05, 4.69) is 4.98 Å². The fraction of sp³-hybridized carbons (Fsp3) is 0.571. The average molecular weight is 187 g/mol. The Labute approximate surface area is 75.6 Å². The first-order valence-electron chi connectivity index (χ1n) is 3.66. The van der Waals surface area contributed by atoms with Crippen LogP contribution in [0.15, 0.2) is 6.20 Å². The summed E-state index contributed by atoms with van der Waals surface area (Å²) in [6.45, 7) is 0.245. The van der Waals surface area contributed by atoms with Crippen LogP contribution in [0.4, 0.5) is 5.13 Å². The largest absolute Gasteiger partial charge is 0.386 e. The Morgan fingerprint density at radius 3 is 2.83 bits per heavy atom. The standard InChI is InChI=1S/C7H13N3OS/c1-10(2)7-9-4-6(12-7)5(11)3-8/h4-5,11H,3,8H2,1-2H3. The molecule has 5 heteroatoms. The molecular weight excluding hydrogens is 174 g/mol. The van der Waals surface area contributed by atoms with Crippen LogP contribution >= 0.6 is 11.3 Å². The second-order valence-corrected chi connectivity index (χ2v) is 3.73. The Bertz CT molecular complexity index is 249. The molecule has 0 radical (unpaired) electrons. The van der Waals surface area contributed by atoms with Gasteiger partial charge in [0.2, 0.25) is 0 Å². The Morgan fingerprint density at radius 2 is 2.42 bits per heavy atom. The molecule has 12 heavy (non-hydrogen) atoms. The van der Waals surface area contributed by atoms with Crippen LogP contribution < -0.4 is 10.6 Å². The van der Waals surface area contributed by atoms with Gasteiger partial charge in [-0.3, -0.25) is 0 Å². The highest BCUT2D eigenvalue weighted by molar-refractivity contribution is 7.15. The summed E-state index contributed by atoms with van der Waals surface area (Å²) in [5, 5.41) is 10.2. The fourth-order valence-corrected chi connectivity index (χ4v) is 1.59. The van der Waals surface area contributed by atoms with Gasteiger partial charge in [-0.05, 0) is 0 Å². The number of nitrogens with two attached hydrogens (primary N) is 1. The third-order valence-corrected chi connectivity index (χ3v) is 2.71. The smallest absolute Gasteiger partial charge is 0.185 e. The van der Waals surface area contributed by atoms with Crippen molar-refractivity contribution in [3.05, 3.63) is 11.1 Å². The van der Waals surface area contributed by atoms with Gasteiger partial charge in [-0.1, -0.05) is 11.3 Å². The summed E-state index contributed by atoms with van der Waals surface area (Å²) in [5.41, 5.74) is 5.30. The van der Waals surface area contributed by atoms with E-state index in [0.29, 0.717) is 0 Å². The van der Waals surface area contributed by atoms with E-state index >= 15 is 0 Å². The van der Waals surface area contributed by atoms with Gasteiger partial charge in [-0.2, -0.15) is 0 Å². The Hall–Kier alpha value is -0.650. The molecular formula is C7H13N3OS. The molecule has 68 valence electrons. The highest BCUT2D eigenvalue weighted by Gasteiger charge is 2.10. The maximum absolute atomic E-state index is 9.35. The van der Waals surface area contributed by atoms with E-state index in [-0.39, 0.29) is 6.54 Å².